The van der Waals surface area contributed by atoms with E-state index in [4.69, 9.17) is 9.47 Å². The highest BCUT2D eigenvalue weighted by Crippen LogP contribution is 2.28. The van der Waals surface area contributed by atoms with Gasteiger partial charge in [-0.05, 0) is 36.1 Å². The number of ether oxygens (including phenoxy) is 2. The van der Waals surface area contributed by atoms with E-state index in [1.54, 1.807) is 7.11 Å². The zero-order chi connectivity index (χ0) is 18.4. The van der Waals surface area contributed by atoms with Crippen molar-refractivity contribution in [1.29, 1.82) is 0 Å². The number of hydrogen-bond donors (Lipinski definition) is 0. The lowest BCUT2D eigenvalue weighted by Gasteiger charge is -2.32. The van der Waals surface area contributed by atoms with Crippen LogP contribution in [-0.2, 0) is 20.8 Å². The zero-order valence-electron chi connectivity index (χ0n) is 15.8. The van der Waals surface area contributed by atoms with Crippen LogP contribution in [0.15, 0.2) is 42.5 Å². The number of hydrogen-bond acceptors (Lipinski definition) is 3. The van der Waals surface area contributed by atoms with Crippen molar-refractivity contribution in [2.45, 2.75) is 51.3 Å². The molecule has 140 valence electrons. The third-order valence-corrected chi connectivity index (χ3v) is 5.27. The normalized spacial score (nSPS) is 16.1. The van der Waals surface area contributed by atoms with E-state index in [9.17, 15) is 4.79 Å². The molecule has 1 fully saturated rings. The molecule has 26 heavy (non-hydrogen) atoms. The van der Waals surface area contributed by atoms with Crippen LogP contribution in [-0.4, -0.2) is 43.3 Å². The van der Waals surface area contributed by atoms with E-state index < -0.39 is 6.10 Å². The smallest absolute Gasteiger partial charge is 0.251 e. The Bertz CT molecular complexity index is 719. The van der Waals surface area contributed by atoms with E-state index >= 15 is 0 Å². The van der Waals surface area contributed by atoms with Gasteiger partial charge in [-0.15, -0.1) is 0 Å². The van der Waals surface area contributed by atoms with Crippen LogP contribution in [0.25, 0.3) is 10.8 Å². The highest BCUT2D eigenvalue weighted by Gasteiger charge is 2.30. The Kier molecular flexibility index (Phi) is 6.64. The van der Waals surface area contributed by atoms with E-state index in [-0.39, 0.29) is 5.91 Å². The Labute approximate surface area is 156 Å². The molecule has 0 aliphatic heterocycles. The summed E-state index contributed by atoms with van der Waals surface area (Å²) < 4.78 is 10.7. The number of rotatable bonds is 8. The molecule has 1 amide bonds. The van der Waals surface area contributed by atoms with Crippen molar-refractivity contribution in [3.05, 3.63) is 48.0 Å². The van der Waals surface area contributed by atoms with Gasteiger partial charge in [-0.2, -0.15) is 0 Å². The lowest BCUT2D eigenvalue weighted by molar-refractivity contribution is -0.146. The molecule has 0 heterocycles. The molecule has 1 unspecified atom stereocenters. The summed E-state index contributed by atoms with van der Waals surface area (Å²) in [5.41, 5.74) is 1.20. The summed E-state index contributed by atoms with van der Waals surface area (Å²) in [4.78, 5) is 15.2. The summed E-state index contributed by atoms with van der Waals surface area (Å²) in [6, 6.07) is 15.0. The summed E-state index contributed by atoms with van der Waals surface area (Å²) >= 11 is 0. The molecule has 1 atom stereocenters. The van der Waals surface area contributed by atoms with Gasteiger partial charge in [0.15, 0.2) is 0 Å². The van der Waals surface area contributed by atoms with Crippen LogP contribution in [0.1, 0.15) is 38.2 Å². The zero-order valence-corrected chi connectivity index (χ0v) is 15.8. The van der Waals surface area contributed by atoms with Gasteiger partial charge in [0, 0.05) is 19.7 Å². The fourth-order valence-corrected chi connectivity index (χ4v) is 3.83. The maximum Gasteiger partial charge on any atom is 0.251 e. The van der Waals surface area contributed by atoms with E-state index in [2.05, 4.69) is 42.5 Å². The summed E-state index contributed by atoms with van der Waals surface area (Å²) in [6.07, 6.45) is 4.12. The first-order chi connectivity index (χ1) is 12.7. The number of carbonyl (C=O) groups is 1. The minimum absolute atomic E-state index is 0.0842. The lowest BCUT2D eigenvalue weighted by Crippen LogP contribution is -2.44. The van der Waals surface area contributed by atoms with Crippen LogP contribution in [0, 0.1) is 0 Å². The van der Waals surface area contributed by atoms with Gasteiger partial charge >= 0.3 is 0 Å². The fourth-order valence-electron chi connectivity index (χ4n) is 3.83. The average Bonchev–Trinajstić information content (AvgIpc) is 3.20. The maximum atomic E-state index is 13.1. The standard InChI is InChI=1S/C22H29NO3/c1-17(26-15-14-25-2)22(24)23(20-11-4-5-12-20)16-19-10-7-9-18-8-3-6-13-21(18)19/h3,6-10,13,17,20H,4-5,11-12,14-16H2,1-2H3. The highest BCUT2D eigenvalue weighted by molar-refractivity contribution is 5.86. The number of methoxy groups -OCH3 is 1. The third kappa shape index (κ3) is 4.43. The van der Waals surface area contributed by atoms with Gasteiger partial charge in [-0.1, -0.05) is 55.3 Å². The monoisotopic (exact) mass is 355 g/mol. The average molecular weight is 355 g/mol. The number of carbonyl (C=O) groups excluding carboxylic acids is 1. The third-order valence-electron chi connectivity index (χ3n) is 5.27. The lowest BCUT2D eigenvalue weighted by atomic mass is 10.0. The van der Waals surface area contributed by atoms with Crippen molar-refractivity contribution >= 4 is 16.7 Å². The molecule has 0 aromatic heterocycles. The minimum atomic E-state index is -0.444. The van der Waals surface area contributed by atoms with Gasteiger partial charge in [-0.3, -0.25) is 4.79 Å². The second kappa shape index (κ2) is 9.15. The summed E-state index contributed by atoms with van der Waals surface area (Å²) in [5.74, 6) is 0.0842. The molecule has 1 aliphatic rings. The van der Waals surface area contributed by atoms with Crippen molar-refractivity contribution in [2.24, 2.45) is 0 Å². The quantitative estimate of drug-likeness (QED) is 0.667. The maximum absolute atomic E-state index is 13.1. The molecule has 0 N–H and O–H groups in total. The van der Waals surface area contributed by atoms with Gasteiger partial charge < -0.3 is 14.4 Å². The van der Waals surface area contributed by atoms with Crippen LogP contribution in [0.3, 0.4) is 0 Å². The molecule has 4 nitrogen and oxygen atoms in total. The van der Waals surface area contributed by atoms with Crippen molar-refractivity contribution in [3.63, 3.8) is 0 Å². The number of fused-ring (bicyclic) bond motifs is 1. The molecule has 0 saturated heterocycles. The van der Waals surface area contributed by atoms with E-state index in [0.29, 0.717) is 25.8 Å². The van der Waals surface area contributed by atoms with Gasteiger partial charge in [0.1, 0.15) is 6.10 Å². The summed E-state index contributed by atoms with van der Waals surface area (Å²) in [7, 11) is 1.64. The van der Waals surface area contributed by atoms with E-state index in [0.717, 1.165) is 12.8 Å². The topological polar surface area (TPSA) is 38.8 Å². The summed E-state index contributed by atoms with van der Waals surface area (Å²) in [6.45, 7) is 3.44. The Morgan fingerprint density at radius 1 is 1.12 bits per heavy atom. The molecule has 0 bridgehead atoms. The van der Waals surface area contributed by atoms with Gasteiger partial charge in [-0.25, -0.2) is 0 Å². The summed E-state index contributed by atoms with van der Waals surface area (Å²) in [5, 5.41) is 2.44. The predicted molar refractivity (Wildman–Crippen MR) is 104 cm³/mol. The van der Waals surface area contributed by atoms with Crippen LogP contribution < -0.4 is 0 Å². The number of amides is 1. The molecule has 3 rings (SSSR count). The molecule has 2 aromatic rings. The van der Waals surface area contributed by atoms with E-state index in [1.165, 1.54) is 29.2 Å². The van der Waals surface area contributed by atoms with Crippen molar-refractivity contribution < 1.29 is 14.3 Å². The molecular weight excluding hydrogens is 326 g/mol. The van der Waals surface area contributed by atoms with Gasteiger partial charge in [0.25, 0.3) is 5.91 Å². The van der Waals surface area contributed by atoms with E-state index in [1.807, 2.05) is 11.8 Å². The number of benzene rings is 2. The van der Waals surface area contributed by atoms with Crippen molar-refractivity contribution in [3.8, 4) is 0 Å². The molecular formula is C22H29NO3. The Balaban J connectivity index is 1.80. The first-order valence-corrected chi connectivity index (χ1v) is 9.58. The molecule has 0 spiro atoms. The van der Waals surface area contributed by atoms with Gasteiger partial charge in [0.2, 0.25) is 0 Å². The predicted octanol–water partition coefficient (Wildman–Crippen LogP) is 4.16. The Morgan fingerprint density at radius 2 is 1.85 bits per heavy atom. The molecule has 0 radical (unpaired) electrons. The van der Waals surface area contributed by atoms with Crippen LogP contribution in [0.5, 0.6) is 0 Å². The van der Waals surface area contributed by atoms with Crippen molar-refractivity contribution in [2.75, 3.05) is 20.3 Å². The number of nitrogens with zero attached hydrogens (tertiary/aromatic N) is 1. The second-order valence-electron chi connectivity index (χ2n) is 7.05. The largest absolute Gasteiger partial charge is 0.382 e. The van der Waals surface area contributed by atoms with Crippen LogP contribution >= 0.6 is 0 Å². The van der Waals surface area contributed by atoms with Crippen LogP contribution in [0.4, 0.5) is 0 Å². The van der Waals surface area contributed by atoms with Crippen LogP contribution in [0.2, 0.25) is 0 Å². The Morgan fingerprint density at radius 3 is 2.62 bits per heavy atom. The minimum Gasteiger partial charge on any atom is -0.382 e. The molecule has 2 aromatic carbocycles. The Hall–Kier alpha value is -1.91. The molecule has 1 aliphatic carbocycles. The van der Waals surface area contributed by atoms with Gasteiger partial charge in [0.05, 0.1) is 13.2 Å². The van der Waals surface area contributed by atoms with Crippen molar-refractivity contribution in [1.82, 2.24) is 4.90 Å². The first-order valence-electron chi connectivity index (χ1n) is 9.58. The molecule has 4 heteroatoms. The second-order valence-corrected chi connectivity index (χ2v) is 7.05. The fraction of sp³-hybridized carbons (Fsp3) is 0.500. The SMILES string of the molecule is COCCOC(C)C(=O)N(Cc1cccc2ccccc12)C1CCCC1. The first kappa shape index (κ1) is 18.9. The highest BCUT2D eigenvalue weighted by atomic mass is 16.5. The molecule has 1 saturated carbocycles.